The van der Waals surface area contributed by atoms with Crippen LogP contribution in [0.4, 0.5) is 4.79 Å². The standard InChI is InChI=1S/C30H44N8O8/c1-2-24(40)33-13-7-6-11-19-16-23(39)21(15-18-9-4-3-5-10-18)36-28(45)22(17-25(41)42)37-30(46)38-27(44)20(35-26(19)43)12-8-14-34-29(31)32/h3-5,9-10,19-22H,2,6-8,11-17H2,1H3,(H,33,40)(H,35,43)(H,36,45)(H,41,42)(H4,31,32,34)(H2,37,38,44,46)/t19?,20-,21?,22+/m0/s1. The molecule has 4 atom stereocenters. The van der Waals surface area contributed by atoms with Crippen LogP contribution in [0.3, 0.4) is 0 Å². The number of amides is 6. The fourth-order valence-corrected chi connectivity index (χ4v) is 4.79. The summed E-state index contributed by atoms with van der Waals surface area (Å²) in [5.41, 5.74) is 11.4. The summed E-state index contributed by atoms with van der Waals surface area (Å²) in [7, 11) is 0. The number of nitrogens with two attached hydrogens (primary N) is 2. The first-order valence-electron chi connectivity index (χ1n) is 15.2. The zero-order chi connectivity index (χ0) is 34.1. The first-order valence-corrected chi connectivity index (χ1v) is 15.2. The Labute approximate surface area is 266 Å². The number of aliphatic carboxylic acids is 1. The van der Waals surface area contributed by atoms with Crippen molar-refractivity contribution in [2.75, 3.05) is 13.1 Å². The van der Waals surface area contributed by atoms with Crippen LogP contribution in [0.25, 0.3) is 0 Å². The summed E-state index contributed by atoms with van der Waals surface area (Å²) in [6.45, 7) is 2.22. The van der Waals surface area contributed by atoms with Crippen LogP contribution >= 0.6 is 0 Å². The predicted octanol–water partition coefficient (Wildman–Crippen LogP) is -0.793. The zero-order valence-electron chi connectivity index (χ0n) is 25.9. The number of urea groups is 1. The van der Waals surface area contributed by atoms with Gasteiger partial charge < -0.3 is 37.8 Å². The van der Waals surface area contributed by atoms with E-state index in [4.69, 9.17) is 11.5 Å². The molecule has 0 aromatic heterocycles. The molecule has 1 saturated heterocycles. The van der Waals surface area contributed by atoms with Gasteiger partial charge in [-0.3, -0.25) is 39.1 Å². The van der Waals surface area contributed by atoms with Crippen LogP contribution in [0, 0.1) is 5.92 Å². The number of guanidine groups is 1. The fourth-order valence-electron chi connectivity index (χ4n) is 4.79. The number of nitrogens with zero attached hydrogens (tertiary/aromatic N) is 1. The number of hydrogen-bond acceptors (Lipinski definition) is 8. The second-order valence-electron chi connectivity index (χ2n) is 10.9. The summed E-state index contributed by atoms with van der Waals surface area (Å²) in [4.78, 5) is 93.4. The quantitative estimate of drug-likeness (QED) is 0.0710. The number of rotatable bonds is 14. The van der Waals surface area contributed by atoms with Crippen LogP contribution in [0.15, 0.2) is 35.3 Å². The van der Waals surface area contributed by atoms with Gasteiger partial charge in [0, 0.05) is 31.8 Å². The van der Waals surface area contributed by atoms with E-state index in [0.717, 1.165) is 0 Å². The van der Waals surface area contributed by atoms with E-state index < -0.39 is 66.0 Å². The highest BCUT2D eigenvalue weighted by Gasteiger charge is 2.34. The molecule has 10 N–H and O–H groups in total. The van der Waals surface area contributed by atoms with Gasteiger partial charge in [-0.15, -0.1) is 0 Å². The maximum Gasteiger partial charge on any atom is 0.322 e. The molecule has 1 aliphatic heterocycles. The Morgan fingerprint density at radius 1 is 0.891 bits per heavy atom. The number of benzene rings is 1. The average molecular weight is 645 g/mol. The minimum atomic E-state index is -1.62. The molecule has 1 aromatic carbocycles. The summed E-state index contributed by atoms with van der Waals surface area (Å²) >= 11 is 0. The number of carbonyl (C=O) groups excluding carboxylic acids is 6. The lowest BCUT2D eigenvalue weighted by molar-refractivity contribution is -0.140. The minimum Gasteiger partial charge on any atom is -0.481 e. The van der Waals surface area contributed by atoms with Crippen molar-refractivity contribution in [3.8, 4) is 0 Å². The zero-order valence-corrected chi connectivity index (χ0v) is 25.9. The molecule has 1 heterocycles. The van der Waals surface area contributed by atoms with E-state index >= 15 is 0 Å². The number of carboxylic acid groups (broad SMARTS) is 1. The van der Waals surface area contributed by atoms with Crippen molar-refractivity contribution < 1.29 is 38.7 Å². The SMILES string of the molecule is CCC(=O)NCCCCC1CC(=O)C(Cc2ccccc2)NC(=O)[C@@H](CC(=O)O)NC(=O)NC(=O)[C@H](CCCN=C(N)N)NC1=O. The van der Waals surface area contributed by atoms with E-state index in [2.05, 4.69) is 31.6 Å². The predicted molar refractivity (Wildman–Crippen MR) is 167 cm³/mol. The molecule has 252 valence electrons. The van der Waals surface area contributed by atoms with Gasteiger partial charge >= 0.3 is 12.0 Å². The Kier molecular flexibility index (Phi) is 15.7. The Hall–Kier alpha value is -5.02. The lowest BCUT2D eigenvalue weighted by Gasteiger charge is -2.26. The third kappa shape index (κ3) is 13.7. The van der Waals surface area contributed by atoms with E-state index in [-0.39, 0.29) is 50.5 Å². The molecule has 2 unspecified atom stereocenters. The highest BCUT2D eigenvalue weighted by molar-refractivity contribution is 6.02. The fraction of sp³-hybridized carbons (Fsp3) is 0.533. The third-order valence-corrected chi connectivity index (χ3v) is 7.24. The first-order chi connectivity index (χ1) is 21.9. The van der Waals surface area contributed by atoms with Crippen LogP contribution in [0.5, 0.6) is 0 Å². The maximum atomic E-state index is 13.7. The molecule has 16 heteroatoms. The van der Waals surface area contributed by atoms with Gasteiger partial charge in [0.1, 0.15) is 12.1 Å². The first kappa shape index (κ1) is 37.2. The number of hydrogen-bond donors (Lipinski definition) is 8. The number of carbonyl (C=O) groups is 7. The molecule has 0 spiro atoms. The van der Waals surface area contributed by atoms with Crippen molar-refractivity contribution in [2.24, 2.45) is 22.4 Å². The van der Waals surface area contributed by atoms with Gasteiger partial charge in [0.2, 0.25) is 17.7 Å². The molecule has 1 aliphatic rings. The van der Waals surface area contributed by atoms with Gasteiger partial charge in [-0.1, -0.05) is 43.7 Å². The summed E-state index contributed by atoms with van der Waals surface area (Å²) in [5.74, 6) is -5.59. The van der Waals surface area contributed by atoms with Crippen LogP contribution in [0.1, 0.15) is 63.9 Å². The molecule has 1 fully saturated rings. The monoisotopic (exact) mass is 644 g/mol. The molecule has 0 aliphatic carbocycles. The number of nitrogens with one attached hydrogen (secondary N) is 5. The van der Waals surface area contributed by atoms with Crippen molar-refractivity contribution in [3.05, 3.63) is 35.9 Å². The Balaban J connectivity index is 2.42. The molecule has 2 rings (SSSR count). The summed E-state index contributed by atoms with van der Waals surface area (Å²) in [6, 6.07) is 3.59. The van der Waals surface area contributed by atoms with E-state index in [1.807, 2.05) is 0 Å². The van der Waals surface area contributed by atoms with Crippen LogP contribution in [-0.4, -0.2) is 83.7 Å². The van der Waals surface area contributed by atoms with Crippen molar-refractivity contribution in [3.63, 3.8) is 0 Å². The number of unbranched alkanes of at least 4 members (excludes halogenated alkanes) is 1. The summed E-state index contributed by atoms with van der Waals surface area (Å²) in [6.07, 6.45) is 0.688. The molecule has 16 nitrogen and oxygen atoms in total. The Morgan fingerprint density at radius 2 is 1.59 bits per heavy atom. The van der Waals surface area contributed by atoms with E-state index in [9.17, 15) is 38.7 Å². The molecule has 46 heavy (non-hydrogen) atoms. The largest absolute Gasteiger partial charge is 0.481 e. The van der Waals surface area contributed by atoms with Crippen molar-refractivity contribution in [2.45, 2.75) is 82.8 Å². The van der Waals surface area contributed by atoms with E-state index in [0.29, 0.717) is 31.4 Å². The van der Waals surface area contributed by atoms with Gasteiger partial charge in [-0.25, -0.2) is 4.79 Å². The van der Waals surface area contributed by atoms with Crippen molar-refractivity contribution in [1.82, 2.24) is 26.6 Å². The number of aliphatic imine (C=N–C) groups is 1. The highest BCUT2D eigenvalue weighted by atomic mass is 16.4. The normalized spacial score (nSPS) is 21.1. The van der Waals surface area contributed by atoms with Gasteiger partial charge in [0.15, 0.2) is 11.7 Å². The van der Waals surface area contributed by atoms with Crippen molar-refractivity contribution in [1.29, 1.82) is 0 Å². The minimum absolute atomic E-state index is 0.0149. The Bertz CT molecular complexity index is 1270. The second-order valence-corrected chi connectivity index (χ2v) is 10.9. The summed E-state index contributed by atoms with van der Waals surface area (Å²) < 4.78 is 0. The molecule has 6 amide bonds. The summed E-state index contributed by atoms with van der Waals surface area (Å²) in [5, 5.41) is 21.6. The number of ketones is 1. The van der Waals surface area contributed by atoms with Crippen LogP contribution in [-0.2, 0) is 35.2 Å². The van der Waals surface area contributed by atoms with Gasteiger partial charge in [-0.2, -0.15) is 0 Å². The van der Waals surface area contributed by atoms with Gasteiger partial charge in [-0.05, 0) is 37.7 Å². The van der Waals surface area contributed by atoms with Gasteiger partial charge in [0.05, 0.1) is 12.5 Å². The van der Waals surface area contributed by atoms with Crippen LogP contribution in [0.2, 0.25) is 0 Å². The second kappa shape index (κ2) is 19.4. The molecule has 0 radical (unpaired) electrons. The average Bonchev–Trinajstić information content (AvgIpc) is 3.00. The lowest BCUT2D eigenvalue weighted by Crippen LogP contribution is -2.58. The molecular formula is C30H44N8O8. The number of imide groups is 1. The molecule has 1 aromatic rings. The third-order valence-electron chi connectivity index (χ3n) is 7.24. The van der Waals surface area contributed by atoms with E-state index in [1.54, 1.807) is 37.3 Å². The number of carboxylic acids is 1. The van der Waals surface area contributed by atoms with Crippen molar-refractivity contribution >= 4 is 47.4 Å². The molecule has 0 saturated carbocycles. The lowest BCUT2D eigenvalue weighted by atomic mass is 9.90. The van der Waals surface area contributed by atoms with Gasteiger partial charge in [0.25, 0.3) is 5.91 Å². The highest BCUT2D eigenvalue weighted by Crippen LogP contribution is 2.18. The topological polar surface area (TPSA) is 264 Å². The molecular weight excluding hydrogens is 600 g/mol. The Morgan fingerprint density at radius 3 is 2.24 bits per heavy atom. The maximum absolute atomic E-state index is 13.7. The van der Waals surface area contributed by atoms with E-state index in [1.165, 1.54) is 0 Å². The number of Topliss-reactive ketones (excluding diaryl/α,β-unsaturated/α-hetero) is 1. The smallest absolute Gasteiger partial charge is 0.322 e. The molecule has 0 bridgehead atoms. The van der Waals surface area contributed by atoms with Crippen LogP contribution < -0.4 is 38.1 Å².